The van der Waals surface area contributed by atoms with Crippen molar-refractivity contribution in [2.75, 3.05) is 19.7 Å². The average Bonchev–Trinajstić information content (AvgIpc) is 3.42. The molecule has 7 heteroatoms. The van der Waals surface area contributed by atoms with Crippen LogP contribution in [0.1, 0.15) is 60.8 Å². The van der Waals surface area contributed by atoms with Gasteiger partial charge in [0.1, 0.15) is 11.9 Å². The van der Waals surface area contributed by atoms with Gasteiger partial charge < -0.3 is 14.2 Å². The summed E-state index contributed by atoms with van der Waals surface area (Å²) in [4.78, 5) is 15.3. The fourth-order valence-corrected chi connectivity index (χ4v) is 4.14. The number of benzene rings is 1. The second-order valence-corrected chi connectivity index (χ2v) is 7.74. The highest BCUT2D eigenvalue weighted by molar-refractivity contribution is 5.75. The van der Waals surface area contributed by atoms with Crippen LogP contribution in [0.2, 0.25) is 0 Å². The lowest BCUT2D eigenvalue weighted by Gasteiger charge is -2.30. The molecule has 2 fully saturated rings. The number of nitrogens with zero attached hydrogens (tertiary/aromatic N) is 4. The van der Waals surface area contributed by atoms with Crippen LogP contribution in [0, 0.1) is 6.92 Å². The maximum absolute atomic E-state index is 5.62. The summed E-state index contributed by atoms with van der Waals surface area (Å²) in [5.74, 6) is 3.00. The van der Waals surface area contributed by atoms with E-state index >= 15 is 0 Å². The molecule has 1 aromatic carbocycles. The van der Waals surface area contributed by atoms with Gasteiger partial charge in [0.2, 0.25) is 0 Å². The lowest BCUT2D eigenvalue weighted by molar-refractivity contribution is 0.0835. The van der Waals surface area contributed by atoms with E-state index in [1.54, 1.807) is 0 Å². The lowest BCUT2D eigenvalue weighted by Crippen LogP contribution is -2.33. The first-order valence-corrected chi connectivity index (χ1v) is 9.87. The molecule has 1 N–H and O–H groups in total. The zero-order valence-corrected chi connectivity index (χ0v) is 15.6. The summed E-state index contributed by atoms with van der Waals surface area (Å²) in [6.45, 7) is 5.68. The molecule has 3 aromatic rings. The van der Waals surface area contributed by atoms with E-state index in [0.717, 1.165) is 74.6 Å². The summed E-state index contributed by atoms with van der Waals surface area (Å²) in [6.07, 6.45) is 4.22. The lowest BCUT2D eigenvalue weighted by atomic mass is 9.96. The highest BCUT2D eigenvalue weighted by Crippen LogP contribution is 2.29. The SMILES string of the molecule is Cc1ccc2nc(C3CCN(Cc4noc(C5CCCO5)n4)CC3)[nH]c2c1. The summed E-state index contributed by atoms with van der Waals surface area (Å²) in [5, 5.41) is 4.14. The van der Waals surface area contributed by atoms with Crippen molar-refractivity contribution in [1.82, 2.24) is 25.0 Å². The molecule has 2 aliphatic heterocycles. The number of aromatic nitrogens is 4. The van der Waals surface area contributed by atoms with Crippen LogP contribution in [-0.4, -0.2) is 44.7 Å². The molecule has 27 heavy (non-hydrogen) atoms. The molecule has 4 heterocycles. The summed E-state index contributed by atoms with van der Waals surface area (Å²) in [7, 11) is 0. The predicted molar refractivity (Wildman–Crippen MR) is 100 cm³/mol. The maximum Gasteiger partial charge on any atom is 0.255 e. The number of ether oxygens (including phenoxy) is 1. The molecule has 2 saturated heterocycles. The van der Waals surface area contributed by atoms with Gasteiger partial charge in [-0.3, -0.25) is 4.90 Å². The Morgan fingerprint density at radius 2 is 2.07 bits per heavy atom. The number of aromatic amines is 1. The molecule has 0 amide bonds. The maximum atomic E-state index is 5.62. The third-order valence-corrected chi connectivity index (χ3v) is 5.68. The first-order chi connectivity index (χ1) is 13.2. The number of H-pyrrole nitrogens is 1. The summed E-state index contributed by atoms with van der Waals surface area (Å²) < 4.78 is 11.0. The van der Waals surface area contributed by atoms with Crippen LogP contribution in [0.4, 0.5) is 0 Å². The second kappa shape index (κ2) is 7.05. The first-order valence-electron chi connectivity index (χ1n) is 9.87. The summed E-state index contributed by atoms with van der Waals surface area (Å²) in [5.41, 5.74) is 3.46. The van der Waals surface area contributed by atoms with Crippen molar-refractivity contribution in [3.05, 3.63) is 41.3 Å². The van der Waals surface area contributed by atoms with Crippen molar-refractivity contribution in [2.24, 2.45) is 0 Å². The van der Waals surface area contributed by atoms with Gasteiger partial charge in [-0.15, -0.1) is 0 Å². The van der Waals surface area contributed by atoms with E-state index in [0.29, 0.717) is 11.8 Å². The van der Waals surface area contributed by atoms with E-state index in [-0.39, 0.29) is 6.10 Å². The summed E-state index contributed by atoms with van der Waals surface area (Å²) >= 11 is 0. The molecule has 1 unspecified atom stereocenters. The Balaban J connectivity index is 1.19. The number of fused-ring (bicyclic) bond motifs is 1. The third kappa shape index (κ3) is 3.49. The molecule has 7 nitrogen and oxygen atoms in total. The van der Waals surface area contributed by atoms with Gasteiger partial charge in [-0.2, -0.15) is 4.98 Å². The van der Waals surface area contributed by atoms with E-state index < -0.39 is 0 Å². The minimum Gasteiger partial charge on any atom is -0.368 e. The number of piperidine rings is 1. The molecule has 0 bridgehead atoms. The minimum atomic E-state index is -0.00583. The molecule has 2 aromatic heterocycles. The van der Waals surface area contributed by atoms with Crippen molar-refractivity contribution in [3.8, 4) is 0 Å². The smallest absolute Gasteiger partial charge is 0.255 e. The fourth-order valence-electron chi connectivity index (χ4n) is 4.14. The van der Waals surface area contributed by atoms with Crippen LogP contribution in [0.25, 0.3) is 11.0 Å². The Labute approximate surface area is 158 Å². The first kappa shape index (κ1) is 16.9. The number of hydrogen-bond donors (Lipinski definition) is 1. The van der Waals surface area contributed by atoms with E-state index in [2.05, 4.69) is 45.1 Å². The predicted octanol–water partition coefficient (Wildman–Crippen LogP) is 3.49. The molecule has 142 valence electrons. The van der Waals surface area contributed by atoms with Crippen LogP contribution in [0.15, 0.2) is 22.7 Å². The number of hydrogen-bond acceptors (Lipinski definition) is 6. The molecule has 2 aliphatic rings. The quantitative estimate of drug-likeness (QED) is 0.760. The molecule has 0 spiro atoms. The highest BCUT2D eigenvalue weighted by atomic mass is 16.5. The van der Waals surface area contributed by atoms with Crippen molar-refractivity contribution in [3.63, 3.8) is 0 Å². The van der Waals surface area contributed by atoms with Gasteiger partial charge in [0, 0.05) is 12.5 Å². The highest BCUT2D eigenvalue weighted by Gasteiger charge is 2.26. The molecular formula is C20H25N5O2. The van der Waals surface area contributed by atoms with Gasteiger partial charge in [-0.25, -0.2) is 4.98 Å². The number of rotatable bonds is 4. The normalized spacial score (nSPS) is 22.0. The van der Waals surface area contributed by atoms with Crippen LogP contribution in [0.5, 0.6) is 0 Å². The van der Waals surface area contributed by atoms with Gasteiger partial charge in [-0.1, -0.05) is 11.2 Å². The van der Waals surface area contributed by atoms with Crippen LogP contribution < -0.4 is 0 Å². The Bertz CT molecular complexity index is 919. The zero-order valence-electron chi connectivity index (χ0n) is 15.6. The summed E-state index contributed by atoms with van der Waals surface area (Å²) in [6, 6.07) is 6.38. The minimum absolute atomic E-state index is 0.00583. The van der Waals surface area contributed by atoms with E-state index in [1.807, 2.05) is 0 Å². The Kier molecular flexibility index (Phi) is 4.41. The topological polar surface area (TPSA) is 80.1 Å². The largest absolute Gasteiger partial charge is 0.368 e. The van der Waals surface area contributed by atoms with Gasteiger partial charge in [0.05, 0.1) is 17.6 Å². The zero-order chi connectivity index (χ0) is 18.2. The van der Waals surface area contributed by atoms with Crippen molar-refractivity contribution < 1.29 is 9.26 Å². The number of imidazole rings is 1. The van der Waals surface area contributed by atoms with Gasteiger partial charge in [0.25, 0.3) is 5.89 Å². The van der Waals surface area contributed by atoms with Gasteiger partial charge in [-0.05, 0) is 63.4 Å². The van der Waals surface area contributed by atoms with Crippen LogP contribution in [-0.2, 0) is 11.3 Å². The van der Waals surface area contributed by atoms with Crippen LogP contribution >= 0.6 is 0 Å². The molecule has 0 radical (unpaired) electrons. The van der Waals surface area contributed by atoms with E-state index in [1.165, 1.54) is 5.56 Å². The molecule has 0 aliphatic carbocycles. The number of nitrogens with one attached hydrogen (secondary N) is 1. The van der Waals surface area contributed by atoms with Crippen molar-refractivity contribution >= 4 is 11.0 Å². The molecular weight excluding hydrogens is 342 g/mol. The Morgan fingerprint density at radius 1 is 1.19 bits per heavy atom. The Morgan fingerprint density at radius 3 is 2.89 bits per heavy atom. The number of likely N-dealkylation sites (tertiary alicyclic amines) is 1. The van der Waals surface area contributed by atoms with Crippen LogP contribution in [0.3, 0.4) is 0 Å². The Hall–Kier alpha value is -2.25. The molecule has 0 saturated carbocycles. The fraction of sp³-hybridized carbons (Fsp3) is 0.550. The van der Waals surface area contributed by atoms with Gasteiger partial charge >= 0.3 is 0 Å². The van der Waals surface area contributed by atoms with Crippen molar-refractivity contribution in [2.45, 2.75) is 51.2 Å². The van der Waals surface area contributed by atoms with Crippen molar-refractivity contribution in [1.29, 1.82) is 0 Å². The monoisotopic (exact) mass is 367 g/mol. The van der Waals surface area contributed by atoms with E-state index in [4.69, 9.17) is 14.2 Å². The molecule has 1 atom stereocenters. The molecule has 5 rings (SSSR count). The average molecular weight is 367 g/mol. The van der Waals surface area contributed by atoms with E-state index in [9.17, 15) is 0 Å². The third-order valence-electron chi connectivity index (χ3n) is 5.68. The second-order valence-electron chi connectivity index (χ2n) is 7.74. The standard InChI is InChI=1S/C20H25N5O2/c1-13-4-5-15-16(11-13)22-19(21-15)14-6-8-25(9-7-14)12-18-23-20(27-24-18)17-3-2-10-26-17/h4-5,11,14,17H,2-3,6-10,12H2,1H3,(H,21,22). The van der Waals surface area contributed by atoms with Gasteiger partial charge in [0.15, 0.2) is 5.82 Å². The number of aryl methyl sites for hydroxylation is 1.